The van der Waals surface area contributed by atoms with Crippen molar-refractivity contribution in [2.45, 2.75) is 13.0 Å². The molecule has 3 rings (SSSR count). The Hall–Kier alpha value is -1.77. The van der Waals surface area contributed by atoms with Crippen LogP contribution in [0, 0.1) is 6.92 Å². The van der Waals surface area contributed by atoms with Gasteiger partial charge in [0, 0.05) is 16.0 Å². The zero-order chi connectivity index (χ0) is 13.4. The molecule has 0 spiro atoms. The minimum Gasteiger partial charge on any atom is -0.469 e. The van der Waals surface area contributed by atoms with E-state index in [0.29, 0.717) is 5.02 Å². The number of aliphatic hydroxyl groups is 1. The van der Waals surface area contributed by atoms with E-state index < -0.39 is 6.10 Å². The fourth-order valence-electron chi connectivity index (χ4n) is 2.31. The van der Waals surface area contributed by atoms with Crippen LogP contribution in [0.3, 0.4) is 0 Å². The number of halogens is 1. The van der Waals surface area contributed by atoms with E-state index in [2.05, 4.69) is 0 Å². The van der Waals surface area contributed by atoms with Crippen LogP contribution in [0.1, 0.15) is 23.0 Å². The zero-order valence-corrected chi connectivity index (χ0v) is 11.2. The van der Waals surface area contributed by atoms with Crippen molar-refractivity contribution < 1.29 is 9.52 Å². The fourth-order valence-corrected chi connectivity index (χ4v) is 2.54. The predicted molar refractivity (Wildman–Crippen MR) is 76.5 cm³/mol. The Bertz CT molecular complexity index is 730. The van der Waals surface area contributed by atoms with E-state index in [1.807, 2.05) is 49.4 Å². The van der Waals surface area contributed by atoms with Crippen LogP contribution >= 0.6 is 11.6 Å². The summed E-state index contributed by atoms with van der Waals surface area (Å²) >= 11 is 6.18. The summed E-state index contributed by atoms with van der Waals surface area (Å²) in [6.45, 7) is 1.86. The molecule has 1 heterocycles. The number of hydrogen-bond acceptors (Lipinski definition) is 2. The molecular weight excluding hydrogens is 260 g/mol. The second kappa shape index (κ2) is 4.72. The van der Waals surface area contributed by atoms with Crippen LogP contribution in [-0.2, 0) is 0 Å². The van der Waals surface area contributed by atoms with Crippen molar-refractivity contribution in [1.82, 2.24) is 0 Å². The van der Waals surface area contributed by atoms with Gasteiger partial charge < -0.3 is 9.52 Å². The molecule has 1 atom stereocenters. The van der Waals surface area contributed by atoms with Crippen molar-refractivity contribution in [3.63, 3.8) is 0 Å². The molecule has 1 unspecified atom stereocenters. The van der Waals surface area contributed by atoms with Gasteiger partial charge >= 0.3 is 0 Å². The van der Waals surface area contributed by atoms with Crippen LogP contribution in [0.5, 0.6) is 0 Å². The molecule has 2 nitrogen and oxygen atoms in total. The highest BCUT2D eigenvalue weighted by Crippen LogP contribution is 2.33. The van der Waals surface area contributed by atoms with E-state index in [-0.39, 0.29) is 0 Å². The van der Waals surface area contributed by atoms with E-state index in [1.165, 1.54) is 0 Å². The third-order valence-corrected chi connectivity index (χ3v) is 3.60. The Morgan fingerprint density at radius 2 is 1.84 bits per heavy atom. The summed E-state index contributed by atoms with van der Waals surface area (Å²) in [7, 11) is 0. The largest absolute Gasteiger partial charge is 0.469 e. The van der Waals surface area contributed by atoms with E-state index in [1.54, 1.807) is 6.26 Å². The maximum Gasteiger partial charge on any atom is 0.108 e. The number of rotatable bonds is 2. The first-order valence-corrected chi connectivity index (χ1v) is 6.45. The van der Waals surface area contributed by atoms with E-state index in [4.69, 9.17) is 16.0 Å². The normalized spacial score (nSPS) is 12.8. The lowest BCUT2D eigenvalue weighted by Gasteiger charge is -2.13. The number of fused-ring (bicyclic) bond motifs is 1. The van der Waals surface area contributed by atoms with Crippen molar-refractivity contribution in [1.29, 1.82) is 0 Å². The second-order valence-corrected chi connectivity index (χ2v) is 4.98. The molecule has 0 aliphatic carbocycles. The molecular formula is C16H13ClO2. The quantitative estimate of drug-likeness (QED) is 0.746. The first-order valence-electron chi connectivity index (χ1n) is 6.07. The van der Waals surface area contributed by atoms with Gasteiger partial charge in [0.1, 0.15) is 11.9 Å². The summed E-state index contributed by atoms with van der Waals surface area (Å²) < 4.78 is 5.26. The number of aryl methyl sites for hydroxylation is 1. The van der Waals surface area contributed by atoms with Crippen LogP contribution in [0.2, 0.25) is 5.02 Å². The van der Waals surface area contributed by atoms with Crippen molar-refractivity contribution in [3.05, 3.63) is 70.6 Å². The van der Waals surface area contributed by atoms with Crippen molar-refractivity contribution in [3.8, 4) is 0 Å². The van der Waals surface area contributed by atoms with Gasteiger partial charge in [0.15, 0.2) is 0 Å². The van der Waals surface area contributed by atoms with E-state index in [0.717, 1.165) is 27.7 Å². The zero-order valence-electron chi connectivity index (χ0n) is 10.4. The van der Waals surface area contributed by atoms with Crippen LogP contribution < -0.4 is 0 Å². The summed E-state index contributed by atoms with van der Waals surface area (Å²) in [5, 5.41) is 13.1. The number of furan rings is 1. The summed E-state index contributed by atoms with van der Waals surface area (Å²) in [4.78, 5) is 0. The average molecular weight is 273 g/mol. The maximum absolute atomic E-state index is 10.5. The number of benzene rings is 2. The molecule has 19 heavy (non-hydrogen) atoms. The summed E-state index contributed by atoms with van der Waals surface area (Å²) in [5.41, 5.74) is 1.59. The monoisotopic (exact) mass is 272 g/mol. The number of aliphatic hydroxyl groups excluding tert-OH is 1. The standard InChI is InChI=1S/C16H13ClO2/c1-10-8-11(9-19-10)16(18)14-6-7-15(17)13-5-3-2-4-12(13)14/h2-9,16,18H,1H3. The lowest BCUT2D eigenvalue weighted by molar-refractivity contribution is 0.221. The Labute approximate surface area is 116 Å². The van der Waals surface area contributed by atoms with E-state index >= 15 is 0 Å². The molecule has 0 saturated carbocycles. The molecule has 2 aromatic carbocycles. The van der Waals surface area contributed by atoms with Crippen molar-refractivity contribution in [2.24, 2.45) is 0 Å². The highest BCUT2D eigenvalue weighted by atomic mass is 35.5. The molecule has 3 aromatic rings. The second-order valence-electron chi connectivity index (χ2n) is 4.58. The fraction of sp³-hybridized carbons (Fsp3) is 0.125. The lowest BCUT2D eigenvalue weighted by atomic mass is 9.97. The molecule has 0 amide bonds. The molecule has 0 aliphatic heterocycles. The van der Waals surface area contributed by atoms with Gasteiger partial charge in [0.25, 0.3) is 0 Å². The Kier molecular flexibility index (Phi) is 3.05. The Balaban J connectivity index is 2.18. The third-order valence-electron chi connectivity index (χ3n) is 3.27. The SMILES string of the molecule is Cc1cc(C(O)c2ccc(Cl)c3ccccc23)co1. The number of hydrogen-bond donors (Lipinski definition) is 1. The van der Waals surface area contributed by atoms with E-state index in [9.17, 15) is 5.11 Å². The van der Waals surface area contributed by atoms with Gasteiger partial charge in [-0.1, -0.05) is 41.9 Å². The molecule has 1 N–H and O–H groups in total. The predicted octanol–water partition coefficient (Wildman–Crippen LogP) is 4.48. The van der Waals surface area contributed by atoms with Crippen LogP contribution in [-0.4, -0.2) is 5.11 Å². The minimum atomic E-state index is -0.709. The first kappa shape index (κ1) is 12.3. The van der Waals surface area contributed by atoms with Gasteiger partial charge in [-0.3, -0.25) is 0 Å². The molecule has 0 bridgehead atoms. The summed E-state index contributed by atoms with van der Waals surface area (Å²) in [5.74, 6) is 0.785. The van der Waals surface area contributed by atoms with Crippen LogP contribution in [0.25, 0.3) is 10.8 Å². The van der Waals surface area contributed by atoms with Gasteiger partial charge in [-0.15, -0.1) is 0 Å². The summed E-state index contributed by atoms with van der Waals surface area (Å²) in [6, 6.07) is 13.3. The van der Waals surface area contributed by atoms with Gasteiger partial charge in [-0.2, -0.15) is 0 Å². The lowest BCUT2D eigenvalue weighted by Crippen LogP contribution is -1.99. The first-order chi connectivity index (χ1) is 9.16. The smallest absolute Gasteiger partial charge is 0.108 e. The molecule has 0 fully saturated rings. The minimum absolute atomic E-state index is 0.690. The molecule has 0 aliphatic rings. The topological polar surface area (TPSA) is 33.4 Å². The molecule has 1 aromatic heterocycles. The van der Waals surface area contributed by atoms with Crippen molar-refractivity contribution in [2.75, 3.05) is 0 Å². The molecule has 3 heteroatoms. The molecule has 0 radical (unpaired) electrons. The van der Waals surface area contributed by atoms with Gasteiger partial charge in [-0.05, 0) is 30.0 Å². The highest BCUT2D eigenvalue weighted by Gasteiger charge is 2.16. The average Bonchev–Trinajstić information content (AvgIpc) is 2.86. The van der Waals surface area contributed by atoms with Crippen LogP contribution in [0.15, 0.2) is 53.1 Å². The summed E-state index contributed by atoms with van der Waals surface area (Å²) in [6.07, 6.45) is 0.878. The molecule has 0 saturated heterocycles. The van der Waals surface area contributed by atoms with Gasteiger partial charge in [-0.25, -0.2) is 0 Å². The maximum atomic E-state index is 10.5. The van der Waals surface area contributed by atoms with Crippen molar-refractivity contribution >= 4 is 22.4 Å². The van der Waals surface area contributed by atoms with Gasteiger partial charge in [0.2, 0.25) is 0 Å². The molecule has 96 valence electrons. The highest BCUT2D eigenvalue weighted by molar-refractivity contribution is 6.35. The Morgan fingerprint density at radius 3 is 2.53 bits per heavy atom. The van der Waals surface area contributed by atoms with Crippen LogP contribution in [0.4, 0.5) is 0 Å². The third kappa shape index (κ3) is 2.14. The van der Waals surface area contributed by atoms with Gasteiger partial charge in [0.05, 0.1) is 6.26 Å². The Morgan fingerprint density at radius 1 is 1.11 bits per heavy atom.